The van der Waals surface area contributed by atoms with Crippen LogP contribution >= 0.6 is 0 Å². The number of nitrogens with one attached hydrogen (secondary N) is 2. The Labute approximate surface area is 518 Å². The van der Waals surface area contributed by atoms with Gasteiger partial charge in [0.1, 0.15) is 6.29 Å². The van der Waals surface area contributed by atoms with Gasteiger partial charge >= 0.3 is 11.9 Å². The number of rotatable bonds is 58. The third-order valence-corrected chi connectivity index (χ3v) is 16.2. The van der Waals surface area contributed by atoms with E-state index >= 15 is 0 Å². The molecule has 84 heavy (non-hydrogen) atoms. The van der Waals surface area contributed by atoms with Gasteiger partial charge in [0.05, 0.1) is 36.6 Å². The number of carboxylic acid groups (broad SMARTS) is 1. The molecule has 0 aliphatic rings. The standard InChI is InChI=1S/C61H118N4O7.C8H18O.CH2O2/c1-12-16-20-31-50(5)33-28-34-52(7)46-64(45-51(6)32-21-17-13-2)43-27-25-40-59(62-11)55(10)63-56(49-66)37-24-26-44-65(47-57(67)38-29-41-60(69)71-53(8)35-22-18-14-3)48-58(68)39-30-42-61(70)72-54(9)36-23-19-15-4;1-4-5-6-7-8(2)9-3;2-1-3/h13,49-54,56-59,62-63,67-68H,2,10,12,14-48H2,1,3-9,11H3;8H,4-7H2,1-3H3;1H,(H,2,3). The highest BCUT2D eigenvalue weighted by Crippen LogP contribution is 2.21. The predicted molar refractivity (Wildman–Crippen MR) is 354 cm³/mol. The van der Waals surface area contributed by atoms with Crippen LogP contribution in [-0.2, 0) is 33.4 Å². The van der Waals surface area contributed by atoms with Crippen molar-refractivity contribution in [1.29, 1.82) is 0 Å². The third-order valence-electron chi connectivity index (χ3n) is 16.2. The second kappa shape index (κ2) is 61.8. The summed E-state index contributed by atoms with van der Waals surface area (Å²) in [6.07, 6.45) is 36.1. The van der Waals surface area contributed by atoms with E-state index in [0.717, 1.165) is 127 Å². The lowest BCUT2D eigenvalue weighted by atomic mass is 9.94. The lowest BCUT2D eigenvalue weighted by Gasteiger charge is -2.29. The Bertz CT molecular complexity index is 1460. The fourth-order valence-electron chi connectivity index (χ4n) is 10.9. The third kappa shape index (κ3) is 56.9. The largest absolute Gasteiger partial charge is 0.483 e. The molecule has 0 spiro atoms. The van der Waals surface area contributed by atoms with Crippen molar-refractivity contribution >= 4 is 24.7 Å². The van der Waals surface area contributed by atoms with E-state index < -0.39 is 12.2 Å². The molecule has 5 N–H and O–H groups in total. The van der Waals surface area contributed by atoms with Crippen LogP contribution in [0.3, 0.4) is 0 Å². The van der Waals surface area contributed by atoms with Gasteiger partial charge in [-0.05, 0) is 174 Å². The van der Waals surface area contributed by atoms with Crippen molar-refractivity contribution in [2.45, 2.75) is 330 Å². The monoisotopic (exact) mass is 1200 g/mol. The van der Waals surface area contributed by atoms with Crippen molar-refractivity contribution < 1.29 is 48.7 Å². The number of aldehydes is 1. The van der Waals surface area contributed by atoms with E-state index in [2.05, 4.69) is 89.0 Å². The summed E-state index contributed by atoms with van der Waals surface area (Å²) in [5.74, 6) is 1.73. The van der Waals surface area contributed by atoms with Gasteiger partial charge in [-0.1, -0.05) is 151 Å². The van der Waals surface area contributed by atoms with E-state index in [1.54, 1.807) is 7.11 Å². The zero-order valence-electron chi connectivity index (χ0n) is 56.8. The second-order valence-corrected chi connectivity index (χ2v) is 25.1. The van der Waals surface area contributed by atoms with Gasteiger partial charge in [-0.2, -0.15) is 0 Å². The van der Waals surface area contributed by atoms with E-state index in [1.165, 1.54) is 83.5 Å². The highest BCUT2D eigenvalue weighted by atomic mass is 16.5. The minimum absolute atomic E-state index is 0.0579. The van der Waals surface area contributed by atoms with Crippen LogP contribution in [0.15, 0.2) is 24.9 Å². The molecule has 0 bridgehead atoms. The fraction of sp³-hybridized carbons (Fsp3) is 0.886. The molecule has 0 aliphatic carbocycles. The Hall–Kier alpha value is -2.88. The number of esters is 2. The number of carbonyl (C=O) groups is 4. The van der Waals surface area contributed by atoms with Gasteiger partial charge in [-0.25, -0.2) is 0 Å². The molecule has 0 saturated heterocycles. The number of unbranched alkanes of at least 4 members (excludes halogenated alkanes) is 11. The summed E-state index contributed by atoms with van der Waals surface area (Å²) in [4.78, 5) is 50.5. The maximum absolute atomic E-state index is 12.5. The van der Waals surface area contributed by atoms with Crippen molar-refractivity contribution in [3.63, 3.8) is 0 Å². The maximum Gasteiger partial charge on any atom is 0.306 e. The number of likely N-dealkylation sites (N-methyl/N-ethyl adjacent to an activating group) is 1. The summed E-state index contributed by atoms with van der Waals surface area (Å²) in [5, 5.41) is 36.0. The highest BCUT2D eigenvalue weighted by Gasteiger charge is 2.21. The van der Waals surface area contributed by atoms with Crippen LogP contribution in [-0.4, -0.2) is 146 Å². The highest BCUT2D eigenvalue weighted by molar-refractivity contribution is 5.69. The number of aliphatic hydroxyl groups excluding tert-OH is 2. The van der Waals surface area contributed by atoms with E-state index in [9.17, 15) is 24.6 Å². The van der Waals surface area contributed by atoms with Gasteiger partial charge < -0.3 is 49.9 Å². The smallest absolute Gasteiger partial charge is 0.306 e. The molecule has 14 nitrogen and oxygen atoms in total. The van der Waals surface area contributed by atoms with Crippen molar-refractivity contribution in [2.75, 3.05) is 53.4 Å². The Balaban J connectivity index is -0.00000490. The Morgan fingerprint density at radius 2 is 0.905 bits per heavy atom. The van der Waals surface area contributed by atoms with Gasteiger partial charge in [0.15, 0.2) is 0 Å². The molecule has 0 radical (unpaired) electrons. The molecule has 0 heterocycles. The zero-order valence-corrected chi connectivity index (χ0v) is 56.8. The minimum Gasteiger partial charge on any atom is -0.483 e. The van der Waals surface area contributed by atoms with Crippen LogP contribution in [0.5, 0.6) is 0 Å². The zero-order chi connectivity index (χ0) is 63.6. The molecule has 0 rings (SSSR count). The Morgan fingerprint density at radius 1 is 0.512 bits per heavy atom. The number of hydrogen-bond donors (Lipinski definition) is 5. The molecule has 0 aromatic carbocycles. The van der Waals surface area contributed by atoms with Crippen LogP contribution in [0, 0.1) is 17.8 Å². The molecule has 10 unspecified atom stereocenters. The number of ether oxygens (including phenoxy) is 3. The first-order chi connectivity index (χ1) is 40.3. The molecule has 14 heteroatoms. The van der Waals surface area contributed by atoms with Gasteiger partial charge in [0.25, 0.3) is 6.47 Å². The maximum atomic E-state index is 12.5. The second-order valence-electron chi connectivity index (χ2n) is 25.1. The molecule has 0 aliphatic heterocycles. The number of methoxy groups -OCH3 is 1. The Morgan fingerprint density at radius 3 is 1.33 bits per heavy atom. The number of aliphatic hydroxyl groups is 2. The number of nitrogens with zero attached hydrogens (tertiary/aromatic N) is 2. The van der Waals surface area contributed by atoms with Gasteiger partial charge in [0, 0.05) is 57.9 Å². The molecule has 0 fully saturated rings. The first-order valence-corrected chi connectivity index (χ1v) is 34.3. The van der Waals surface area contributed by atoms with Crippen LogP contribution in [0.1, 0.15) is 288 Å². The molecular weight excluding hydrogens is 1060 g/mol. The SMILES string of the molecule is C=CCCCC(C)CN(CCCCC(NC)C(=C)NC(C=O)CCCCN(CC(O)CCCC(=O)OC(C)CCCCC)CC(O)CCCC(=O)OC(C)CCCCC)CC(C)CCCC(C)CCCCC.CCCCCC(C)OC.O=CO. The lowest BCUT2D eigenvalue weighted by Crippen LogP contribution is -2.40. The quantitative estimate of drug-likeness (QED) is 0.0168. The molecule has 498 valence electrons. The molecule has 10 atom stereocenters. The number of carbonyl (C=O) groups excluding carboxylic acids is 3. The first-order valence-electron chi connectivity index (χ1n) is 34.3. The van der Waals surface area contributed by atoms with Crippen LogP contribution in [0.2, 0.25) is 0 Å². The predicted octanol–water partition coefficient (Wildman–Crippen LogP) is 15.6. The number of allylic oxidation sites excluding steroid dienone is 1. The van der Waals surface area contributed by atoms with Crippen LogP contribution < -0.4 is 10.6 Å². The van der Waals surface area contributed by atoms with E-state index in [4.69, 9.17) is 24.1 Å². The minimum atomic E-state index is -0.673. The molecule has 0 amide bonds. The summed E-state index contributed by atoms with van der Waals surface area (Å²) >= 11 is 0. The van der Waals surface area contributed by atoms with E-state index in [0.29, 0.717) is 69.7 Å². The average molecular weight is 1200 g/mol. The van der Waals surface area contributed by atoms with Gasteiger partial charge in [-0.15, -0.1) is 6.58 Å². The summed E-state index contributed by atoms with van der Waals surface area (Å²) in [5.41, 5.74) is 0.845. The van der Waals surface area contributed by atoms with Crippen LogP contribution in [0.4, 0.5) is 0 Å². The van der Waals surface area contributed by atoms with Gasteiger partial charge in [-0.3, -0.25) is 19.3 Å². The van der Waals surface area contributed by atoms with Crippen molar-refractivity contribution in [2.24, 2.45) is 17.8 Å². The van der Waals surface area contributed by atoms with Gasteiger partial charge in [0.2, 0.25) is 0 Å². The van der Waals surface area contributed by atoms with Crippen molar-refractivity contribution in [1.82, 2.24) is 20.4 Å². The first kappa shape index (κ1) is 85.3. The summed E-state index contributed by atoms with van der Waals surface area (Å²) < 4.78 is 16.3. The van der Waals surface area contributed by atoms with Crippen LogP contribution in [0.25, 0.3) is 0 Å². The summed E-state index contributed by atoms with van der Waals surface area (Å²) in [7, 11) is 3.74. The number of hydrogen-bond acceptors (Lipinski definition) is 13. The summed E-state index contributed by atoms with van der Waals surface area (Å²) in [6, 6.07) is -0.303. The average Bonchev–Trinajstić information content (AvgIpc) is 3.46. The topological polar surface area (TPSA) is 187 Å². The summed E-state index contributed by atoms with van der Waals surface area (Å²) in [6.45, 7) is 34.9. The molecular formula is C70H138N4O10. The van der Waals surface area contributed by atoms with Crippen molar-refractivity contribution in [3.8, 4) is 0 Å². The Kier molecular flexibility index (Phi) is 62.7. The molecule has 0 aromatic rings. The molecule has 0 aromatic heterocycles. The molecule has 0 saturated carbocycles. The fourth-order valence-corrected chi connectivity index (χ4v) is 10.9. The normalized spacial score (nSPS) is 15.0. The van der Waals surface area contributed by atoms with Crippen molar-refractivity contribution in [3.05, 3.63) is 24.9 Å². The van der Waals surface area contributed by atoms with E-state index in [-0.39, 0.29) is 55.5 Å². The lowest BCUT2D eigenvalue weighted by molar-refractivity contribution is -0.149. The van der Waals surface area contributed by atoms with E-state index in [1.807, 2.05) is 27.0 Å².